The molecular weight excluding hydrogens is 424 g/mol. The van der Waals surface area contributed by atoms with Crippen LogP contribution < -0.4 is 0 Å². The molecule has 3 rings (SSSR count). The maximum Gasteiger partial charge on any atom is 0.112 e. The highest BCUT2D eigenvalue weighted by Crippen LogP contribution is 2.43. The molecule has 0 aliphatic heterocycles. The van der Waals surface area contributed by atoms with Gasteiger partial charge < -0.3 is 4.57 Å². The zero-order valence-electron chi connectivity index (χ0n) is 22.6. The van der Waals surface area contributed by atoms with Crippen molar-refractivity contribution in [3.63, 3.8) is 0 Å². The molecule has 35 heavy (non-hydrogen) atoms. The Morgan fingerprint density at radius 2 is 1.31 bits per heavy atom. The summed E-state index contributed by atoms with van der Waals surface area (Å²) in [5, 5.41) is 0. The Bertz CT molecular complexity index is 930. The molecule has 0 saturated heterocycles. The number of aryl methyl sites for hydroxylation is 1. The van der Waals surface area contributed by atoms with Crippen LogP contribution in [-0.4, -0.2) is 9.55 Å². The van der Waals surface area contributed by atoms with Crippen molar-refractivity contribution in [3.8, 4) is 0 Å². The van der Waals surface area contributed by atoms with E-state index < -0.39 is 0 Å². The van der Waals surface area contributed by atoms with Crippen LogP contribution in [0.5, 0.6) is 0 Å². The summed E-state index contributed by atoms with van der Waals surface area (Å²) in [6.07, 6.45) is 20.1. The largest absolute Gasteiger partial charge is 0.335 e. The Hall–Kier alpha value is -2.35. The van der Waals surface area contributed by atoms with Gasteiger partial charge in [-0.2, -0.15) is 0 Å². The summed E-state index contributed by atoms with van der Waals surface area (Å²) in [7, 11) is 0. The van der Waals surface area contributed by atoms with Crippen LogP contribution in [0.25, 0.3) is 0 Å². The summed E-state index contributed by atoms with van der Waals surface area (Å²) in [4.78, 5) is 4.95. The number of unbranched alkanes of at least 4 members (excludes halogenated alkanes) is 9. The number of aromatic nitrogens is 2. The van der Waals surface area contributed by atoms with Crippen molar-refractivity contribution in [3.05, 3.63) is 90.0 Å². The first-order valence-electron chi connectivity index (χ1n) is 14.3. The molecular formula is C33H48N2. The van der Waals surface area contributed by atoms with Gasteiger partial charge >= 0.3 is 0 Å². The highest BCUT2D eigenvalue weighted by Gasteiger charge is 2.38. The fraction of sp³-hybridized carbons (Fsp3) is 0.545. The number of benzene rings is 2. The second-order valence-corrected chi connectivity index (χ2v) is 10.6. The molecule has 2 nitrogen and oxygen atoms in total. The molecule has 190 valence electrons. The van der Waals surface area contributed by atoms with Crippen LogP contribution in [0.2, 0.25) is 0 Å². The first-order valence-corrected chi connectivity index (χ1v) is 14.3. The third-order valence-electron chi connectivity index (χ3n) is 7.84. The van der Waals surface area contributed by atoms with Crippen LogP contribution in [0, 0.1) is 0 Å². The molecule has 0 saturated carbocycles. The summed E-state index contributed by atoms with van der Waals surface area (Å²) >= 11 is 0. The van der Waals surface area contributed by atoms with Crippen LogP contribution in [-0.2, 0) is 18.4 Å². The second-order valence-electron chi connectivity index (χ2n) is 10.6. The van der Waals surface area contributed by atoms with Gasteiger partial charge in [0.05, 0.1) is 0 Å². The number of hydrogen-bond donors (Lipinski definition) is 0. The number of imidazole rings is 1. The van der Waals surface area contributed by atoms with Gasteiger partial charge in [-0.1, -0.05) is 139 Å². The second kappa shape index (κ2) is 14.9. The number of rotatable bonds is 17. The van der Waals surface area contributed by atoms with E-state index >= 15 is 0 Å². The molecule has 3 aromatic rings. The lowest BCUT2D eigenvalue weighted by atomic mass is 9.66. The molecule has 0 aliphatic rings. The molecule has 2 heteroatoms. The topological polar surface area (TPSA) is 17.8 Å². The van der Waals surface area contributed by atoms with E-state index in [-0.39, 0.29) is 5.41 Å². The first kappa shape index (κ1) is 27.2. The molecule has 0 N–H and O–H groups in total. The Labute approximate surface area is 215 Å². The van der Waals surface area contributed by atoms with Gasteiger partial charge in [-0.15, -0.1) is 0 Å². The Morgan fingerprint density at radius 1 is 0.743 bits per heavy atom. The lowest BCUT2D eigenvalue weighted by molar-refractivity contribution is 0.338. The van der Waals surface area contributed by atoms with E-state index in [0.717, 1.165) is 19.4 Å². The van der Waals surface area contributed by atoms with Gasteiger partial charge in [0.25, 0.3) is 0 Å². The molecule has 1 heterocycles. The lowest BCUT2D eigenvalue weighted by Crippen LogP contribution is -2.34. The molecule has 0 radical (unpaired) electrons. The fourth-order valence-electron chi connectivity index (χ4n) is 5.77. The Balaban J connectivity index is 1.63. The van der Waals surface area contributed by atoms with E-state index in [1.165, 1.54) is 81.2 Å². The summed E-state index contributed by atoms with van der Waals surface area (Å²) in [6.45, 7) is 8.15. The van der Waals surface area contributed by atoms with E-state index in [1.807, 2.05) is 6.20 Å². The third kappa shape index (κ3) is 8.09. The molecule has 0 bridgehead atoms. The molecule has 0 spiro atoms. The van der Waals surface area contributed by atoms with Crippen LogP contribution in [0.15, 0.2) is 73.1 Å². The highest BCUT2D eigenvalue weighted by atomic mass is 15.1. The average molecular weight is 473 g/mol. The molecule has 2 unspecified atom stereocenters. The zero-order chi connectivity index (χ0) is 24.8. The van der Waals surface area contributed by atoms with Crippen molar-refractivity contribution in [2.45, 2.75) is 116 Å². The van der Waals surface area contributed by atoms with Gasteiger partial charge in [0, 0.05) is 30.3 Å². The standard InChI is InChI=1S/C33H48N2/c1-4-6-7-8-9-10-11-12-13-20-26-35-27-25-34-32(35)31(5-2)33(3,30-23-18-15-19-24-30)28-29-21-16-14-17-22-29/h14-19,21-25,27,31H,4-13,20,26,28H2,1-3H3. The predicted octanol–water partition coefficient (Wildman–Crippen LogP) is 9.50. The van der Waals surface area contributed by atoms with Crippen molar-refractivity contribution in [2.75, 3.05) is 0 Å². The minimum atomic E-state index is -0.0156. The smallest absolute Gasteiger partial charge is 0.112 e. The van der Waals surface area contributed by atoms with Crippen LogP contribution >= 0.6 is 0 Å². The normalized spacial score (nSPS) is 14.0. The Morgan fingerprint density at radius 3 is 1.91 bits per heavy atom. The summed E-state index contributed by atoms with van der Waals surface area (Å²) in [6, 6.07) is 22.1. The maximum atomic E-state index is 4.95. The first-order chi connectivity index (χ1) is 17.2. The number of nitrogens with zero attached hydrogens (tertiary/aromatic N) is 2. The highest BCUT2D eigenvalue weighted by molar-refractivity contribution is 5.33. The van der Waals surface area contributed by atoms with Crippen molar-refractivity contribution >= 4 is 0 Å². The summed E-state index contributed by atoms with van der Waals surface area (Å²) in [5.41, 5.74) is 2.78. The molecule has 0 aliphatic carbocycles. The quantitative estimate of drug-likeness (QED) is 0.179. The minimum Gasteiger partial charge on any atom is -0.335 e. The van der Waals surface area contributed by atoms with Crippen molar-refractivity contribution in [1.82, 2.24) is 9.55 Å². The van der Waals surface area contributed by atoms with Crippen LogP contribution in [0.4, 0.5) is 0 Å². The lowest BCUT2D eigenvalue weighted by Gasteiger charge is -2.38. The van der Waals surface area contributed by atoms with Crippen molar-refractivity contribution < 1.29 is 0 Å². The molecule has 2 aromatic carbocycles. The summed E-state index contributed by atoms with van der Waals surface area (Å²) in [5.74, 6) is 1.62. The van der Waals surface area contributed by atoms with Crippen LogP contribution in [0.3, 0.4) is 0 Å². The van der Waals surface area contributed by atoms with Gasteiger partial charge in [-0.25, -0.2) is 4.98 Å². The van der Waals surface area contributed by atoms with Gasteiger partial charge in [0.2, 0.25) is 0 Å². The van der Waals surface area contributed by atoms with E-state index in [9.17, 15) is 0 Å². The van der Waals surface area contributed by atoms with Crippen molar-refractivity contribution in [2.24, 2.45) is 0 Å². The van der Waals surface area contributed by atoms with Gasteiger partial charge in [0.15, 0.2) is 0 Å². The van der Waals surface area contributed by atoms with Crippen molar-refractivity contribution in [1.29, 1.82) is 0 Å². The van der Waals surface area contributed by atoms with E-state index in [2.05, 4.69) is 92.2 Å². The van der Waals surface area contributed by atoms with Gasteiger partial charge in [-0.3, -0.25) is 0 Å². The van der Waals surface area contributed by atoms with Crippen LogP contribution in [0.1, 0.15) is 114 Å². The zero-order valence-corrected chi connectivity index (χ0v) is 22.6. The van der Waals surface area contributed by atoms with Gasteiger partial charge in [0.1, 0.15) is 5.82 Å². The summed E-state index contributed by atoms with van der Waals surface area (Å²) < 4.78 is 2.45. The monoisotopic (exact) mass is 472 g/mol. The molecule has 0 amide bonds. The SMILES string of the molecule is CCCCCCCCCCCCn1ccnc1C(CC)C(C)(Cc1ccccc1)c1ccccc1. The fourth-order valence-corrected chi connectivity index (χ4v) is 5.77. The molecule has 0 fully saturated rings. The third-order valence-corrected chi connectivity index (χ3v) is 7.84. The van der Waals surface area contributed by atoms with E-state index in [0.29, 0.717) is 5.92 Å². The maximum absolute atomic E-state index is 4.95. The molecule has 1 aromatic heterocycles. The average Bonchev–Trinajstić information content (AvgIpc) is 3.34. The number of hydrogen-bond acceptors (Lipinski definition) is 1. The predicted molar refractivity (Wildman–Crippen MR) is 151 cm³/mol. The van der Waals surface area contributed by atoms with E-state index in [1.54, 1.807) is 0 Å². The van der Waals surface area contributed by atoms with Gasteiger partial charge in [-0.05, 0) is 30.4 Å². The molecule has 2 atom stereocenters. The minimum absolute atomic E-state index is 0.0156. The Kier molecular flexibility index (Phi) is 11.6. The van der Waals surface area contributed by atoms with E-state index in [4.69, 9.17) is 4.98 Å².